The number of benzene rings is 5. The van der Waals surface area contributed by atoms with Gasteiger partial charge in [-0.25, -0.2) is 9.98 Å². The van der Waals surface area contributed by atoms with E-state index in [4.69, 9.17) is 9.98 Å². The van der Waals surface area contributed by atoms with Crippen molar-refractivity contribution in [1.82, 2.24) is 5.32 Å². The summed E-state index contributed by atoms with van der Waals surface area (Å²) in [6, 6.07) is 43.6. The molecule has 0 spiro atoms. The molecule has 8 rings (SSSR count). The summed E-state index contributed by atoms with van der Waals surface area (Å²) in [6.45, 7) is 6.82. The van der Waals surface area contributed by atoms with Crippen molar-refractivity contribution in [1.29, 1.82) is 0 Å². The maximum atomic E-state index is 5.21. The van der Waals surface area contributed by atoms with Crippen LogP contribution in [0.1, 0.15) is 53.6 Å². The highest BCUT2D eigenvalue weighted by Gasteiger charge is 2.35. The van der Waals surface area contributed by atoms with Crippen LogP contribution in [0.25, 0.3) is 27.8 Å². The Bertz CT molecular complexity index is 2090. The molecule has 2 unspecified atom stereocenters. The highest BCUT2D eigenvalue weighted by molar-refractivity contribution is 6.16. The molecule has 0 amide bonds. The molecule has 0 aromatic heterocycles. The van der Waals surface area contributed by atoms with E-state index in [9.17, 15) is 0 Å². The lowest BCUT2D eigenvalue weighted by molar-refractivity contribution is 0.522. The molecule has 3 heteroatoms. The van der Waals surface area contributed by atoms with Gasteiger partial charge in [-0.2, -0.15) is 0 Å². The lowest BCUT2D eigenvalue weighted by Crippen LogP contribution is -2.39. The molecule has 2 aliphatic carbocycles. The van der Waals surface area contributed by atoms with Gasteiger partial charge in [0.2, 0.25) is 0 Å². The monoisotopic (exact) mass is 595 g/mol. The molecule has 0 fully saturated rings. The number of rotatable bonds is 5. The molecular formula is C43H37N3. The number of aryl methyl sites for hydroxylation is 1. The average Bonchev–Trinajstić information content (AvgIpc) is 3.34. The second-order valence-corrected chi connectivity index (χ2v) is 13.1. The smallest absolute Gasteiger partial charge is 0.150 e. The fourth-order valence-electron chi connectivity index (χ4n) is 7.29. The summed E-state index contributed by atoms with van der Waals surface area (Å²) >= 11 is 0. The minimum Gasteiger partial charge on any atom is -0.324 e. The number of hydrogen-bond acceptors (Lipinski definition) is 3. The molecule has 0 radical (unpaired) electrons. The van der Waals surface area contributed by atoms with Crippen molar-refractivity contribution in [3.05, 3.63) is 173 Å². The second-order valence-electron chi connectivity index (χ2n) is 13.1. The van der Waals surface area contributed by atoms with Crippen molar-refractivity contribution in [2.75, 3.05) is 0 Å². The molecule has 0 saturated carbocycles. The summed E-state index contributed by atoms with van der Waals surface area (Å²) < 4.78 is 0. The number of nitrogens with zero attached hydrogens (tertiary/aromatic N) is 2. The van der Waals surface area contributed by atoms with Gasteiger partial charge in [-0.3, -0.25) is 0 Å². The van der Waals surface area contributed by atoms with Crippen LogP contribution in [0, 0.1) is 12.8 Å². The van der Waals surface area contributed by atoms with Gasteiger partial charge in [0, 0.05) is 22.5 Å². The van der Waals surface area contributed by atoms with Gasteiger partial charge in [-0.1, -0.05) is 141 Å². The fourth-order valence-corrected chi connectivity index (χ4v) is 7.29. The first-order valence-corrected chi connectivity index (χ1v) is 16.2. The summed E-state index contributed by atoms with van der Waals surface area (Å²) in [6.07, 6.45) is 7.36. The zero-order valence-corrected chi connectivity index (χ0v) is 26.5. The molecule has 3 aliphatic rings. The Labute approximate surface area is 271 Å². The van der Waals surface area contributed by atoms with Crippen LogP contribution < -0.4 is 5.32 Å². The van der Waals surface area contributed by atoms with Crippen molar-refractivity contribution >= 4 is 17.2 Å². The van der Waals surface area contributed by atoms with E-state index in [0.29, 0.717) is 0 Å². The first-order valence-electron chi connectivity index (χ1n) is 16.2. The Hall–Kier alpha value is -5.28. The minimum atomic E-state index is -0.227. The fraction of sp³-hybridized carbons (Fsp3) is 0.163. The largest absolute Gasteiger partial charge is 0.324 e. The van der Waals surface area contributed by atoms with Gasteiger partial charge in [0.05, 0.1) is 0 Å². The first-order chi connectivity index (χ1) is 22.5. The maximum absolute atomic E-state index is 5.21. The first kappa shape index (κ1) is 28.2. The molecule has 46 heavy (non-hydrogen) atoms. The Morgan fingerprint density at radius 3 is 2.13 bits per heavy atom. The zero-order chi connectivity index (χ0) is 31.3. The van der Waals surface area contributed by atoms with E-state index < -0.39 is 0 Å². The summed E-state index contributed by atoms with van der Waals surface area (Å²) in [5, 5.41) is 3.56. The summed E-state index contributed by atoms with van der Waals surface area (Å²) in [4.78, 5) is 10.4. The van der Waals surface area contributed by atoms with Gasteiger partial charge in [-0.05, 0) is 75.6 Å². The Morgan fingerprint density at radius 2 is 1.28 bits per heavy atom. The van der Waals surface area contributed by atoms with E-state index in [0.717, 1.165) is 29.2 Å². The average molecular weight is 596 g/mol. The van der Waals surface area contributed by atoms with Crippen LogP contribution in [0.2, 0.25) is 0 Å². The third kappa shape index (κ3) is 4.93. The number of nitrogens with one attached hydrogen (secondary N) is 1. The van der Waals surface area contributed by atoms with Gasteiger partial charge < -0.3 is 5.32 Å². The van der Waals surface area contributed by atoms with Crippen LogP contribution in [0.3, 0.4) is 0 Å². The molecule has 5 aromatic carbocycles. The lowest BCUT2D eigenvalue weighted by Gasteiger charge is -2.28. The number of amidine groups is 2. The van der Waals surface area contributed by atoms with Crippen LogP contribution in [0.5, 0.6) is 0 Å². The maximum Gasteiger partial charge on any atom is 0.150 e. The molecule has 1 aliphatic heterocycles. The van der Waals surface area contributed by atoms with E-state index in [1.807, 2.05) is 6.07 Å². The number of aliphatic imine (C=N–C) groups is 2. The highest BCUT2D eigenvalue weighted by atomic mass is 15.2. The molecule has 0 bridgehead atoms. The van der Waals surface area contributed by atoms with Gasteiger partial charge in [-0.15, -0.1) is 0 Å². The van der Waals surface area contributed by atoms with Gasteiger partial charge in [0.1, 0.15) is 11.7 Å². The van der Waals surface area contributed by atoms with E-state index in [1.54, 1.807) is 0 Å². The minimum absolute atomic E-state index is 0.0188. The molecule has 3 nitrogen and oxygen atoms in total. The molecular weight excluding hydrogens is 558 g/mol. The van der Waals surface area contributed by atoms with Gasteiger partial charge in [0.25, 0.3) is 0 Å². The standard InChI is InChI=1S/C43H37N3/c1-28-13-7-8-20-35(28)42-45-40(29-14-5-4-6-15-29)44-41(46-42)34-19-12-18-32(26-34)30-16-11-17-31(25-30)33-23-24-37-36-21-9-10-22-38(36)43(2,3)39(37)27-33/h4-25,27,34,41H,26H2,1-3H3,(H,44,45,46). The summed E-state index contributed by atoms with van der Waals surface area (Å²) in [7, 11) is 0. The normalized spacial score (nSPS) is 19.3. The Kier molecular flexibility index (Phi) is 6.91. The highest BCUT2D eigenvalue weighted by Crippen LogP contribution is 2.49. The van der Waals surface area contributed by atoms with E-state index >= 15 is 0 Å². The summed E-state index contributed by atoms with van der Waals surface area (Å²) in [5.41, 5.74) is 13.9. The molecule has 224 valence electrons. The summed E-state index contributed by atoms with van der Waals surface area (Å²) in [5.74, 6) is 1.89. The predicted molar refractivity (Wildman–Crippen MR) is 192 cm³/mol. The predicted octanol–water partition coefficient (Wildman–Crippen LogP) is 9.75. The topological polar surface area (TPSA) is 36.8 Å². The van der Waals surface area contributed by atoms with Crippen LogP contribution in [-0.4, -0.2) is 17.8 Å². The Balaban J connectivity index is 1.10. The molecule has 5 aromatic rings. The van der Waals surface area contributed by atoms with Crippen LogP contribution in [-0.2, 0) is 5.41 Å². The molecule has 2 atom stereocenters. The lowest BCUT2D eigenvalue weighted by atomic mass is 9.81. The van der Waals surface area contributed by atoms with Crippen molar-refractivity contribution in [3.8, 4) is 22.3 Å². The molecule has 1 heterocycles. The van der Waals surface area contributed by atoms with Gasteiger partial charge >= 0.3 is 0 Å². The molecule has 0 saturated heterocycles. The SMILES string of the molecule is Cc1ccccc1C1=NC(C2C=CC=C(c3cccc(-c4ccc5c(c4)C(C)(C)c4ccccc4-5)c3)C2)N=C(c2ccccc2)N1. The van der Waals surface area contributed by atoms with Crippen molar-refractivity contribution in [2.24, 2.45) is 15.9 Å². The third-order valence-electron chi connectivity index (χ3n) is 9.85. The quantitative estimate of drug-likeness (QED) is 0.216. The Morgan fingerprint density at radius 1 is 0.609 bits per heavy atom. The number of allylic oxidation sites excluding steroid dienone is 3. The second kappa shape index (κ2) is 11.3. The van der Waals surface area contributed by atoms with E-state index in [2.05, 4.69) is 160 Å². The van der Waals surface area contributed by atoms with Gasteiger partial charge in [0.15, 0.2) is 6.17 Å². The van der Waals surface area contributed by atoms with E-state index in [1.165, 1.54) is 50.1 Å². The zero-order valence-electron chi connectivity index (χ0n) is 26.5. The van der Waals surface area contributed by atoms with Crippen molar-refractivity contribution in [3.63, 3.8) is 0 Å². The van der Waals surface area contributed by atoms with Crippen LogP contribution >= 0.6 is 0 Å². The van der Waals surface area contributed by atoms with Crippen molar-refractivity contribution < 1.29 is 0 Å². The molecule has 1 N–H and O–H groups in total. The number of fused-ring (bicyclic) bond motifs is 3. The third-order valence-corrected chi connectivity index (χ3v) is 9.85. The van der Waals surface area contributed by atoms with Crippen LogP contribution in [0.4, 0.5) is 0 Å². The number of hydrogen-bond donors (Lipinski definition) is 1. The van der Waals surface area contributed by atoms with E-state index in [-0.39, 0.29) is 17.5 Å². The van der Waals surface area contributed by atoms with Crippen molar-refractivity contribution in [2.45, 2.75) is 38.8 Å². The van der Waals surface area contributed by atoms with Crippen LogP contribution in [0.15, 0.2) is 150 Å².